The number of allylic oxidation sites excluding steroid dienone is 1. The first-order chi connectivity index (χ1) is 8.96. The molecule has 0 aliphatic heterocycles. The Balaban J connectivity index is 2.25. The van der Waals surface area contributed by atoms with Gasteiger partial charge >= 0.3 is 6.18 Å². The Morgan fingerprint density at radius 1 is 0.895 bits per heavy atom. The summed E-state index contributed by atoms with van der Waals surface area (Å²) in [6, 6.07) is 14.9. The van der Waals surface area contributed by atoms with E-state index >= 15 is 0 Å². The van der Waals surface area contributed by atoms with Gasteiger partial charge in [0.05, 0.1) is 0 Å². The summed E-state index contributed by atoms with van der Waals surface area (Å²) in [5.41, 5.74) is 3.77. The number of hydrogen-bond acceptors (Lipinski definition) is 0. The van der Waals surface area contributed by atoms with Crippen molar-refractivity contribution >= 4 is 6.08 Å². The summed E-state index contributed by atoms with van der Waals surface area (Å²) < 4.78 is 36.2. The van der Waals surface area contributed by atoms with Gasteiger partial charge in [-0.05, 0) is 29.2 Å². The molecule has 19 heavy (non-hydrogen) atoms. The Morgan fingerprint density at radius 3 is 2.11 bits per heavy atom. The van der Waals surface area contributed by atoms with Crippen molar-refractivity contribution in [3.8, 4) is 11.1 Å². The van der Waals surface area contributed by atoms with Gasteiger partial charge in [0.25, 0.3) is 0 Å². The molecule has 0 nitrogen and oxygen atoms in total. The van der Waals surface area contributed by atoms with E-state index in [0.29, 0.717) is 5.56 Å². The lowest BCUT2D eigenvalue weighted by molar-refractivity contribution is -0.0790. The van der Waals surface area contributed by atoms with Crippen LogP contribution in [0.1, 0.15) is 11.1 Å². The quantitative estimate of drug-likeness (QED) is 0.694. The second-order valence-electron chi connectivity index (χ2n) is 4.31. The molecule has 0 fully saturated rings. The predicted octanol–water partition coefficient (Wildman–Crippen LogP) is 5.24. The first-order valence-electron chi connectivity index (χ1n) is 5.88. The highest BCUT2D eigenvalue weighted by molar-refractivity contribution is 5.68. The highest BCUT2D eigenvalue weighted by atomic mass is 19.4. The van der Waals surface area contributed by atoms with Gasteiger partial charge in [0.2, 0.25) is 0 Å². The van der Waals surface area contributed by atoms with Crippen LogP contribution in [0.5, 0.6) is 0 Å². The maximum Gasteiger partial charge on any atom is 0.409 e. The van der Waals surface area contributed by atoms with Crippen molar-refractivity contribution in [3.63, 3.8) is 0 Å². The van der Waals surface area contributed by atoms with Crippen LogP contribution in [-0.4, -0.2) is 6.18 Å². The molecule has 0 aromatic heterocycles. The second-order valence-corrected chi connectivity index (χ2v) is 4.31. The van der Waals surface area contributed by atoms with Crippen molar-refractivity contribution in [3.05, 3.63) is 65.7 Å². The lowest BCUT2D eigenvalue weighted by atomic mass is 9.99. The zero-order chi connectivity index (χ0) is 13.9. The van der Waals surface area contributed by atoms with Crippen LogP contribution >= 0.6 is 0 Å². The van der Waals surface area contributed by atoms with Crippen molar-refractivity contribution in [2.45, 2.75) is 13.1 Å². The minimum atomic E-state index is -4.27. The number of halogens is 3. The minimum absolute atomic E-state index is 0.246. The first-order valence-corrected chi connectivity index (χ1v) is 5.88. The summed E-state index contributed by atoms with van der Waals surface area (Å²) in [4.78, 5) is 0. The van der Waals surface area contributed by atoms with Crippen LogP contribution < -0.4 is 0 Å². The maximum absolute atomic E-state index is 12.1. The summed E-state index contributed by atoms with van der Waals surface area (Å²) >= 11 is 0. The second kappa shape index (κ2) is 5.31. The molecule has 2 rings (SSSR count). The lowest BCUT2D eigenvalue weighted by Gasteiger charge is -2.06. The van der Waals surface area contributed by atoms with Gasteiger partial charge in [-0.3, -0.25) is 0 Å². The molecule has 0 amide bonds. The SMILES string of the molecule is Cc1ccccc1-c1ccc(/C=C\C(F)(F)F)cc1. The number of hydrogen-bond donors (Lipinski definition) is 0. The zero-order valence-electron chi connectivity index (χ0n) is 10.4. The van der Waals surface area contributed by atoms with E-state index in [-0.39, 0.29) is 6.08 Å². The van der Waals surface area contributed by atoms with Crippen LogP contribution in [0.2, 0.25) is 0 Å². The van der Waals surface area contributed by atoms with Gasteiger partial charge in [0.15, 0.2) is 0 Å². The summed E-state index contributed by atoms with van der Waals surface area (Å²) in [6.45, 7) is 2.01. The van der Waals surface area contributed by atoms with E-state index in [9.17, 15) is 13.2 Å². The molecule has 0 radical (unpaired) electrons. The highest BCUT2D eigenvalue weighted by Gasteiger charge is 2.21. The average molecular weight is 262 g/mol. The van der Waals surface area contributed by atoms with Gasteiger partial charge < -0.3 is 0 Å². The van der Waals surface area contributed by atoms with Crippen LogP contribution in [0.3, 0.4) is 0 Å². The summed E-state index contributed by atoms with van der Waals surface area (Å²) in [5, 5.41) is 0. The molecule has 0 aliphatic rings. The standard InChI is InChI=1S/C16H13F3/c1-12-4-2-3-5-15(12)14-8-6-13(7-9-14)10-11-16(17,18)19/h2-11H,1H3/b11-10-. The van der Waals surface area contributed by atoms with Crippen LogP contribution in [0, 0.1) is 6.92 Å². The molecule has 0 bridgehead atoms. The third-order valence-corrected chi connectivity index (χ3v) is 2.83. The third-order valence-electron chi connectivity index (χ3n) is 2.83. The fourth-order valence-corrected chi connectivity index (χ4v) is 1.86. The van der Waals surface area contributed by atoms with E-state index in [1.807, 2.05) is 43.3 Å². The molecule has 0 saturated carbocycles. The first kappa shape index (κ1) is 13.4. The van der Waals surface area contributed by atoms with Crippen LogP contribution in [0.15, 0.2) is 54.6 Å². The molecule has 2 aromatic carbocycles. The van der Waals surface area contributed by atoms with E-state index in [1.54, 1.807) is 12.1 Å². The topological polar surface area (TPSA) is 0 Å². The van der Waals surface area contributed by atoms with Crippen LogP contribution in [0.25, 0.3) is 17.2 Å². The molecular weight excluding hydrogens is 249 g/mol. The Labute approximate surface area is 110 Å². The fraction of sp³-hybridized carbons (Fsp3) is 0.125. The van der Waals surface area contributed by atoms with Gasteiger partial charge in [0, 0.05) is 6.08 Å². The van der Waals surface area contributed by atoms with Gasteiger partial charge in [-0.15, -0.1) is 0 Å². The third kappa shape index (κ3) is 3.71. The highest BCUT2D eigenvalue weighted by Crippen LogP contribution is 2.24. The van der Waals surface area contributed by atoms with E-state index in [0.717, 1.165) is 22.8 Å². The molecule has 98 valence electrons. The van der Waals surface area contributed by atoms with Gasteiger partial charge in [-0.2, -0.15) is 13.2 Å². The Bertz CT molecular complexity index is 578. The molecule has 0 atom stereocenters. The average Bonchev–Trinajstić information content (AvgIpc) is 2.37. The van der Waals surface area contributed by atoms with E-state index in [1.165, 1.54) is 0 Å². The fourth-order valence-electron chi connectivity index (χ4n) is 1.86. The normalized spacial score (nSPS) is 12.0. The van der Waals surface area contributed by atoms with Gasteiger partial charge in [0.1, 0.15) is 0 Å². The number of aryl methyl sites for hydroxylation is 1. The Morgan fingerprint density at radius 2 is 1.53 bits per heavy atom. The maximum atomic E-state index is 12.1. The smallest absolute Gasteiger partial charge is 0.167 e. The van der Waals surface area contributed by atoms with Crippen LogP contribution in [0.4, 0.5) is 13.2 Å². The number of alkyl halides is 3. The molecule has 0 spiro atoms. The predicted molar refractivity (Wildman–Crippen MR) is 71.7 cm³/mol. The Hall–Kier alpha value is -2.03. The minimum Gasteiger partial charge on any atom is -0.167 e. The largest absolute Gasteiger partial charge is 0.409 e. The van der Waals surface area contributed by atoms with E-state index in [4.69, 9.17) is 0 Å². The number of benzene rings is 2. The molecule has 0 N–H and O–H groups in total. The molecule has 0 heterocycles. The van der Waals surface area contributed by atoms with Gasteiger partial charge in [-0.25, -0.2) is 0 Å². The van der Waals surface area contributed by atoms with Gasteiger partial charge in [-0.1, -0.05) is 54.6 Å². The summed E-state index contributed by atoms with van der Waals surface area (Å²) in [7, 11) is 0. The zero-order valence-corrected chi connectivity index (χ0v) is 10.4. The van der Waals surface area contributed by atoms with Crippen LogP contribution in [-0.2, 0) is 0 Å². The molecule has 2 aromatic rings. The Kier molecular flexibility index (Phi) is 3.74. The summed E-state index contributed by atoms with van der Waals surface area (Å²) in [6.07, 6.45) is -2.95. The lowest BCUT2D eigenvalue weighted by Crippen LogP contribution is -2.00. The molecule has 0 saturated heterocycles. The van der Waals surface area contributed by atoms with Crippen molar-refractivity contribution < 1.29 is 13.2 Å². The summed E-state index contributed by atoms with van der Waals surface area (Å²) in [5.74, 6) is 0. The molecular formula is C16H13F3. The number of rotatable bonds is 2. The van der Waals surface area contributed by atoms with Crippen molar-refractivity contribution in [1.82, 2.24) is 0 Å². The molecule has 3 heteroatoms. The van der Waals surface area contributed by atoms with E-state index < -0.39 is 6.18 Å². The molecule has 0 aliphatic carbocycles. The van der Waals surface area contributed by atoms with Crippen molar-refractivity contribution in [1.29, 1.82) is 0 Å². The van der Waals surface area contributed by atoms with E-state index in [2.05, 4.69) is 0 Å². The van der Waals surface area contributed by atoms with Crippen molar-refractivity contribution in [2.75, 3.05) is 0 Å². The van der Waals surface area contributed by atoms with Crippen molar-refractivity contribution in [2.24, 2.45) is 0 Å². The molecule has 0 unspecified atom stereocenters. The monoisotopic (exact) mass is 262 g/mol.